The normalized spacial score (nSPS) is 27.2. The van der Waals surface area contributed by atoms with Gasteiger partial charge in [-0.15, -0.1) is 0 Å². The summed E-state index contributed by atoms with van der Waals surface area (Å²) in [6.07, 6.45) is 9.68. The number of hydrogen-bond acceptors (Lipinski definition) is 4. The van der Waals surface area contributed by atoms with E-state index in [9.17, 15) is 10.1 Å². The van der Waals surface area contributed by atoms with Gasteiger partial charge in [0.05, 0.1) is 11.7 Å². The fourth-order valence-corrected chi connectivity index (χ4v) is 7.68. The summed E-state index contributed by atoms with van der Waals surface area (Å²) in [4.78, 5) is 18.2. The van der Waals surface area contributed by atoms with E-state index >= 15 is 0 Å². The number of amides is 1. The first-order chi connectivity index (χ1) is 16.3. The van der Waals surface area contributed by atoms with Crippen LogP contribution in [-0.4, -0.2) is 20.7 Å². The SMILES string of the molecule is Cc1cc(C)c2nc(-n3ncc(C#N)c3NC(=O)CC34CC5CC(CC(C5)C3)C4)cc(C)c2c1. The number of aromatic nitrogens is 3. The number of anilines is 1. The Morgan fingerprint density at radius 1 is 1.09 bits per heavy atom. The van der Waals surface area contributed by atoms with Gasteiger partial charge in [0.1, 0.15) is 11.6 Å². The van der Waals surface area contributed by atoms with Gasteiger partial charge in [-0.05, 0) is 106 Å². The molecule has 1 N–H and O–H groups in total. The standard InChI is InChI=1S/C28H31N5O/c1-16-4-18(3)26-23(5-16)17(2)6-24(31-26)33-27(22(14-29)15-30-33)32-25(34)13-28-10-19-7-20(11-28)9-21(8-19)12-28/h4-6,15,19-21H,7-13H2,1-3H3,(H,32,34). The molecule has 4 aliphatic carbocycles. The number of benzene rings is 1. The lowest BCUT2D eigenvalue weighted by atomic mass is 9.49. The van der Waals surface area contributed by atoms with E-state index in [1.54, 1.807) is 4.68 Å². The monoisotopic (exact) mass is 453 g/mol. The second-order valence-corrected chi connectivity index (χ2v) is 11.3. The molecule has 4 bridgehead atoms. The minimum Gasteiger partial charge on any atom is -0.309 e. The maximum absolute atomic E-state index is 13.3. The zero-order chi connectivity index (χ0) is 23.6. The van der Waals surface area contributed by atoms with Crippen LogP contribution in [0, 0.1) is 55.3 Å². The van der Waals surface area contributed by atoms with Crippen LogP contribution in [-0.2, 0) is 4.79 Å². The minimum absolute atomic E-state index is 0.00971. The van der Waals surface area contributed by atoms with Crippen LogP contribution in [0.5, 0.6) is 0 Å². The smallest absolute Gasteiger partial charge is 0.226 e. The van der Waals surface area contributed by atoms with E-state index in [4.69, 9.17) is 4.98 Å². The summed E-state index contributed by atoms with van der Waals surface area (Å²) in [5.74, 6) is 3.43. The molecule has 0 atom stereocenters. The van der Waals surface area contributed by atoms with Crippen LogP contribution in [0.3, 0.4) is 0 Å². The molecule has 0 spiro atoms. The first kappa shape index (κ1) is 21.3. The Morgan fingerprint density at radius 3 is 2.41 bits per heavy atom. The van der Waals surface area contributed by atoms with Crippen molar-refractivity contribution in [2.75, 3.05) is 5.32 Å². The molecule has 6 nitrogen and oxygen atoms in total. The second kappa shape index (κ2) is 7.66. The highest BCUT2D eigenvalue weighted by molar-refractivity contribution is 5.92. The Kier molecular flexibility index (Phi) is 4.81. The molecule has 4 saturated carbocycles. The van der Waals surface area contributed by atoms with Crippen LogP contribution in [0.15, 0.2) is 24.4 Å². The van der Waals surface area contributed by atoms with Gasteiger partial charge in [0.25, 0.3) is 0 Å². The predicted molar refractivity (Wildman–Crippen MR) is 132 cm³/mol. The number of nitrogens with zero attached hydrogens (tertiary/aromatic N) is 4. The highest BCUT2D eigenvalue weighted by Gasteiger charge is 2.51. The Balaban J connectivity index is 1.32. The Labute approximate surface area is 200 Å². The highest BCUT2D eigenvalue weighted by atomic mass is 16.1. The molecule has 4 aliphatic rings. The van der Waals surface area contributed by atoms with Crippen molar-refractivity contribution in [2.24, 2.45) is 23.2 Å². The fraction of sp³-hybridized carbons (Fsp3) is 0.500. The molecule has 2 heterocycles. The number of nitrogens with one attached hydrogen (secondary N) is 1. The van der Waals surface area contributed by atoms with Crippen LogP contribution < -0.4 is 5.32 Å². The molecule has 2 aromatic heterocycles. The van der Waals surface area contributed by atoms with Gasteiger partial charge in [-0.25, -0.2) is 4.98 Å². The van der Waals surface area contributed by atoms with E-state index in [1.807, 2.05) is 6.07 Å². The molecule has 34 heavy (non-hydrogen) atoms. The summed E-state index contributed by atoms with van der Waals surface area (Å²) in [7, 11) is 0. The lowest BCUT2D eigenvalue weighted by Crippen LogP contribution is -2.47. The molecule has 3 aromatic rings. The van der Waals surface area contributed by atoms with Crippen LogP contribution in [0.25, 0.3) is 16.7 Å². The molecular weight excluding hydrogens is 422 g/mol. The number of rotatable bonds is 4. The summed E-state index contributed by atoms with van der Waals surface area (Å²) in [5, 5.41) is 18.4. The molecule has 174 valence electrons. The number of hydrogen-bond donors (Lipinski definition) is 1. The van der Waals surface area contributed by atoms with E-state index in [0.717, 1.165) is 39.8 Å². The van der Waals surface area contributed by atoms with E-state index < -0.39 is 0 Å². The molecule has 0 saturated heterocycles. The maximum atomic E-state index is 13.3. The van der Waals surface area contributed by atoms with Crippen molar-refractivity contribution in [1.29, 1.82) is 5.26 Å². The van der Waals surface area contributed by atoms with Gasteiger partial charge in [-0.1, -0.05) is 11.6 Å². The molecule has 0 aliphatic heterocycles. The van der Waals surface area contributed by atoms with Gasteiger partial charge in [-0.3, -0.25) is 4.79 Å². The summed E-state index contributed by atoms with van der Waals surface area (Å²) < 4.78 is 1.61. The largest absolute Gasteiger partial charge is 0.309 e. The third-order valence-corrected chi connectivity index (χ3v) is 8.51. The molecule has 1 amide bonds. The summed E-state index contributed by atoms with van der Waals surface area (Å²) in [6.45, 7) is 6.21. The van der Waals surface area contributed by atoms with Crippen molar-refractivity contribution in [3.63, 3.8) is 0 Å². The van der Waals surface area contributed by atoms with Gasteiger partial charge in [-0.2, -0.15) is 15.0 Å². The summed E-state index contributed by atoms with van der Waals surface area (Å²) in [6, 6.07) is 8.44. The van der Waals surface area contributed by atoms with E-state index in [0.29, 0.717) is 23.6 Å². The fourth-order valence-electron chi connectivity index (χ4n) is 7.68. The molecule has 7 rings (SSSR count). The molecule has 6 heteroatoms. The zero-order valence-electron chi connectivity index (χ0n) is 20.2. The first-order valence-corrected chi connectivity index (χ1v) is 12.5. The highest BCUT2D eigenvalue weighted by Crippen LogP contribution is 2.61. The lowest BCUT2D eigenvalue weighted by molar-refractivity contribution is -0.124. The van der Waals surface area contributed by atoms with Gasteiger partial charge >= 0.3 is 0 Å². The van der Waals surface area contributed by atoms with E-state index in [2.05, 4.69) is 49.4 Å². The van der Waals surface area contributed by atoms with Crippen molar-refractivity contribution in [1.82, 2.24) is 14.8 Å². The average Bonchev–Trinajstić information content (AvgIpc) is 3.15. The van der Waals surface area contributed by atoms with E-state index in [-0.39, 0.29) is 11.3 Å². The van der Waals surface area contributed by atoms with Crippen LogP contribution in [0.4, 0.5) is 5.82 Å². The number of carbonyl (C=O) groups is 1. The summed E-state index contributed by atoms with van der Waals surface area (Å²) >= 11 is 0. The second-order valence-electron chi connectivity index (χ2n) is 11.3. The average molecular weight is 454 g/mol. The molecule has 1 aromatic carbocycles. The van der Waals surface area contributed by atoms with Crippen LogP contribution >= 0.6 is 0 Å². The number of pyridine rings is 1. The van der Waals surface area contributed by atoms with E-state index in [1.165, 1.54) is 50.3 Å². The predicted octanol–water partition coefficient (Wildman–Crippen LogP) is 5.76. The first-order valence-electron chi connectivity index (χ1n) is 12.5. The number of aryl methyl sites for hydroxylation is 3. The molecule has 4 fully saturated rings. The lowest BCUT2D eigenvalue weighted by Gasteiger charge is -2.56. The van der Waals surface area contributed by atoms with Crippen molar-refractivity contribution in [3.8, 4) is 11.9 Å². The van der Waals surface area contributed by atoms with Crippen molar-refractivity contribution < 1.29 is 4.79 Å². The number of nitriles is 1. The Bertz CT molecular complexity index is 1330. The quantitative estimate of drug-likeness (QED) is 0.544. The van der Waals surface area contributed by atoms with Crippen molar-refractivity contribution >= 4 is 22.6 Å². The topological polar surface area (TPSA) is 83.6 Å². The third-order valence-electron chi connectivity index (χ3n) is 8.51. The molecule has 0 radical (unpaired) electrons. The zero-order valence-corrected chi connectivity index (χ0v) is 20.2. The molecule has 0 unspecified atom stereocenters. The van der Waals surface area contributed by atoms with Gasteiger partial charge in [0, 0.05) is 11.8 Å². The number of fused-ring (bicyclic) bond motifs is 1. The minimum atomic E-state index is -0.00971. The Morgan fingerprint density at radius 2 is 1.76 bits per heavy atom. The van der Waals surface area contributed by atoms with Crippen molar-refractivity contribution in [3.05, 3.63) is 46.6 Å². The van der Waals surface area contributed by atoms with Gasteiger partial charge in [0.2, 0.25) is 5.91 Å². The Hall–Kier alpha value is -3.20. The summed E-state index contributed by atoms with van der Waals surface area (Å²) in [5.41, 5.74) is 4.81. The maximum Gasteiger partial charge on any atom is 0.226 e. The van der Waals surface area contributed by atoms with Gasteiger partial charge < -0.3 is 5.32 Å². The van der Waals surface area contributed by atoms with Crippen molar-refractivity contribution in [2.45, 2.75) is 65.7 Å². The van der Waals surface area contributed by atoms with Gasteiger partial charge in [0.15, 0.2) is 11.6 Å². The molecular formula is C28H31N5O. The third kappa shape index (κ3) is 3.50. The van der Waals surface area contributed by atoms with Crippen LogP contribution in [0.2, 0.25) is 0 Å². The van der Waals surface area contributed by atoms with Crippen LogP contribution in [0.1, 0.15) is 67.2 Å². The number of carbonyl (C=O) groups excluding carboxylic acids is 1.